The van der Waals surface area contributed by atoms with Crippen LogP contribution in [0.4, 0.5) is 11.5 Å². The molecule has 0 amide bonds. The summed E-state index contributed by atoms with van der Waals surface area (Å²) in [5, 5.41) is 3.45. The molecule has 2 heterocycles. The van der Waals surface area contributed by atoms with Gasteiger partial charge in [-0.1, -0.05) is 25.1 Å². The summed E-state index contributed by atoms with van der Waals surface area (Å²) >= 11 is 0. The Morgan fingerprint density at radius 2 is 1.82 bits per heavy atom. The fourth-order valence-electron chi connectivity index (χ4n) is 3.66. The van der Waals surface area contributed by atoms with Gasteiger partial charge in [0.15, 0.2) is 0 Å². The molecule has 0 radical (unpaired) electrons. The van der Waals surface area contributed by atoms with Gasteiger partial charge >= 0.3 is 0 Å². The van der Waals surface area contributed by atoms with Gasteiger partial charge in [0.05, 0.1) is 5.69 Å². The van der Waals surface area contributed by atoms with Gasteiger partial charge in [0.1, 0.15) is 10.7 Å². The standard InChI is InChI=1S/C21H30N4O2S/c1-3-14-24-15-12-18(13-16-24)23-21-11-10-20(17-22-21)28(26,27)25(4-2)19-8-6-5-7-9-19/h5-11,17-18H,3-4,12-16H2,1-2H3,(H,22,23). The molecule has 0 spiro atoms. The molecule has 0 unspecified atom stereocenters. The monoisotopic (exact) mass is 402 g/mol. The zero-order valence-corrected chi connectivity index (χ0v) is 17.5. The molecule has 1 aromatic carbocycles. The normalized spacial score (nSPS) is 16.1. The largest absolute Gasteiger partial charge is 0.367 e. The molecule has 0 atom stereocenters. The number of pyridine rings is 1. The first-order valence-corrected chi connectivity index (χ1v) is 11.5. The van der Waals surface area contributed by atoms with Crippen LogP contribution < -0.4 is 9.62 Å². The Morgan fingerprint density at radius 1 is 1.11 bits per heavy atom. The Kier molecular flexibility index (Phi) is 6.91. The van der Waals surface area contributed by atoms with E-state index in [1.165, 1.54) is 16.9 Å². The highest BCUT2D eigenvalue weighted by atomic mass is 32.2. The second-order valence-electron chi connectivity index (χ2n) is 7.14. The molecule has 28 heavy (non-hydrogen) atoms. The van der Waals surface area contributed by atoms with E-state index in [9.17, 15) is 8.42 Å². The first kappa shape index (κ1) is 20.6. The van der Waals surface area contributed by atoms with Crippen LogP contribution in [0.2, 0.25) is 0 Å². The third-order valence-electron chi connectivity index (χ3n) is 5.14. The fourth-order valence-corrected chi connectivity index (χ4v) is 5.08. The second kappa shape index (κ2) is 9.39. The minimum absolute atomic E-state index is 0.210. The number of benzene rings is 1. The molecule has 0 aliphatic carbocycles. The minimum Gasteiger partial charge on any atom is -0.367 e. The Bertz CT molecular complexity index is 832. The maximum atomic E-state index is 13.0. The maximum absolute atomic E-state index is 13.0. The van der Waals surface area contributed by atoms with Crippen LogP contribution in [0.5, 0.6) is 0 Å². The average Bonchev–Trinajstić information content (AvgIpc) is 2.71. The van der Waals surface area contributed by atoms with Crippen molar-refractivity contribution in [3.8, 4) is 0 Å². The zero-order chi connectivity index (χ0) is 20.0. The van der Waals surface area contributed by atoms with E-state index in [0.29, 0.717) is 18.3 Å². The summed E-state index contributed by atoms with van der Waals surface area (Å²) in [5.74, 6) is 0.732. The van der Waals surface area contributed by atoms with E-state index >= 15 is 0 Å². The van der Waals surface area contributed by atoms with Crippen LogP contribution in [0.15, 0.2) is 53.6 Å². The van der Waals surface area contributed by atoms with E-state index in [-0.39, 0.29) is 4.90 Å². The topological polar surface area (TPSA) is 65.5 Å². The van der Waals surface area contributed by atoms with Gasteiger partial charge in [0.25, 0.3) is 10.0 Å². The van der Waals surface area contributed by atoms with Gasteiger partial charge in [-0.15, -0.1) is 0 Å². The molecule has 0 bridgehead atoms. The summed E-state index contributed by atoms with van der Waals surface area (Å²) in [6.45, 7) is 7.76. The number of para-hydroxylation sites is 1. The van der Waals surface area contributed by atoms with Gasteiger partial charge in [-0.25, -0.2) is 13.4 Å². The lowest BCUT2D eigenvalue weighted by atomic mass is 10.0. The molecule has 1 saturated heterocycles. The van der Waals surface area contributed by atoms with Crippen molar-refractivity contribution in [2.24, 2.45) is 0 Å². The highest BCUT2D eigenvalue weighted by Crippen LogP contribution is 2.24. The molecule has 0 saturated carbocycles. The number of rotatable bonds is 8. The SMILES string of the molecule is CCCN1CCC(Nc2ccc(S(=O)(=O)N(CC)c3ccccc3)cn2)CC1. The third-order valence-corrected chi connectivity index (χ3v) is 7.02. The molecule has 1 aliphatic rings. The lowest BCUT2D eigenvalue weighted by Gasteiger charge is -2.32. The number of nitrogens with one attached hydrogen (secondary N) is 1. The molecule has 1 N–H and O–H groups in total. The van der Waals surface area contributed by atoms with Crippen molar-refractivity contribution in [2.45, 2.75) is 44.0 Å². The average molecular weight is 403 g/mol. The van der Waals surface area contributed by atoms with Gasteiger partial charge in [0, 0.05) is 31.9 Å². The number of hydrogen-bond donors (Lipinski definition) is 1. The number of nitrogens with zero attached hydrogens (tertiary/aromatic N) is 3. The van der Waals surface area contributed by atoms with Crippen molar-refractivity contribution in [1.29, 1.82) is 0 Å². The zero-order valence-electron chi connectivity index (χ0n) is 16.7. The Morgan fingerprint density at radius 3 is 2.39 bits per heavy atom. The van der Waals surface area contributed by atoms with Crippen LogP contribution in [-0.4, -0.2) is 50.5 Å². The smallest absolute Gasteiger partial charge is 0.265 e. The summed E-state index contributed by atoms with van der Waals surface area (Å²) in [6.07, 6.45) is 4.81. The van der Waals surface area contributed by atoms with E-state index in [1.54, 1.807) is 24.3 Å². The first-order valence-electron chi connectivity index (χ1n) is 10.1. The quantitative estimate of drug-likeness (QED) is 0.731. The van der Waals surface area contributed by atoms with Crippen LogP contribution in [-0.2, 0) is 10.0 Å². The molecule has 2 aromatic rings. The molecule has 1 fully saturated rings. The van der Waals surface area contributed by atoms with Gasteiger partial charge in [-0.05, 0) is 57.0 Å². The number of sulfonamides is 1. The summed E-state index contributed by atoms with van der Waals surface area (Å²) in [5.41, 5.74) is 0.658. The number of likely N-dealkylation sites (tertiary alicyclic amines) is 1. The van der Waals surface area contributed by atoms with Crippen molar-refractivity contribution in [1.82, 2.24) is 9.88 Å². The van der Waals surface area contributed by atoms with Crippen molar-refractivity contribution >= 4 is 21.5 Å². The van der Waals surface area contributed by atoms with Crippen molar-refractivity contribution in [3.05, 3.63) is 48.7 Å². The number of aromatic nitrogens is 1. The summed E-state index contributed by atoms with van der Waals surface area (Å²) in [4.78, 5) is 7.07. The Hall–Kier alpha value is -2.12. The molecule has 7 heteroatoms. The third kappa shape index (κ3) is 4.83. The second-order valence-corrected chi connectivity index (χ2v) is 9.01. The van der Waals surface area contributed by atoms with Gasteiger partial charge in [-0.2, -0.15) is 0 Å². The molecule has 1 aromatic heterocycles. The summed E-state index contributed by atoms with van der Waals surface area (Å²) < 4.78 is 27.4. The van der Waals surface area contributed by atoms with E-state index in [1.807, 2.05) is 25.1 Å². The van der Waals surface area contributed by atoms with E-state index < -0.39 is 10.0 Å². The van der Waals surface area contributed by atoms with Crippen LogP contribution >= 0.6 is 0 Å². The van der Waals surface area contributed by atoms with Crippen molar-refractivity contribution in [3.63, 3.8) is 0 Å². The highest BCUT2D eigenvalue weighted by molar-refractivity contribution is 7.92. The predicted molar refractivity (Wildman–Crippen MR) is 114 cm³/mol. The van der Waals surface area contributed by atoms with Crippen molar-refractivity contribution in [2.75, 3.05) is 35.8 Å². The van der Waals surface area contributed by atoms with Gasteiger partial charge < -0.3 is 10.2 Å². The maximum Gasteiger partial charge on any atom is 0.265 e. The lowest BCUT2D eigenvalue weighted by molar-refractivity contribution is 0.219. The Balaban J connectivity index is 1.66. The van der Waals surface area contributed by atoms with Crippen LogP contribution in [0.25, 0.3) is 0 Å². The summed E-state index contributed by atoms with van der Waals surface area (Å²) in [6, 6.07) is 12.9. The van der Waals surface area contributed by atoms with E-state index in [0.717, 1.165) is 38.3 Å². The van der Waals surface area contributed by atoms with E-state index in [2.05, 4.69) is 22.1 Å². The fraction of sp³-hybridized carbons (Fsp3) is 0.476. The molecule has 3 rings (SSSR count). The number of anilines is 2. The van der Waals surface area contributed by atoms with Gasteiger partial charge in [0.2, 0.25) is 0 Å². The number of hydrogen-bond acceptors (Lipinski definition) is 5. The van der Waals surface area contributed by atoms with E-state index in [4.69, 9.17) is 0 Å². The first-order chi connectivity index (χ1) is 13.5. The van der Waals surface area contributed by atoms with Crippen LogP contribution in [0.1, 0.15) is 33.1 Å². The summed E-state index contributed by atoms with van der Waals surface area (Å²) in [7, 11) is -3.63. The minimum atomic E-state index is -3.63. The molecule has 1 aliphatic heterocycles. The Labute approximate surface area is 168 Å². The predicted octanol–water partition coefficient (Wildman–Crippen LogP) is 3.58. The molecular formula is C21H30N4O2S. The molecular weight excluding hydrogens is 372 g/mol. The van der Waals surface area contributed by atoms with Crippen LogP contribution in [0, 0.1) is 0 Å². The van der Waals surface area contributed by atoms with Crippen LogP contribution in [0.3, 0.4) is 0 Å². The lowest BCUT2D eigenvalue weighted by Crippen LogP contribution is -2.39. The molecule has 6 nitrogen and oxygen atoms in total. The number of piperidine rings is 1. The van der Waals surface area contributed by atoms with Gasteiger partial charge in [-0.3, -0.25) is 4.31 Å². The van der Waals surface area contributed by atoms with Crippen molar-refractivity contribution < 1.29 is 8.42 Å². The highest BCUT2D eigenvalue weighted by Gasteiger charge is 2.24. The molecule has 152 valence electrons.